The van der Waals surface area contributed by atoms with Gasteiger partial charge in [0.1, 0.15) is 0 Å². The van der Waals surface area contributed by atoms with Crippen molar-refractivity contribution in [2.75, 3.05) is 11.9 Å². The third kappa shape index (κ3) is 1.60. The number of hydrogen-bond acceptors (Lipinski definition) is 3. The predicted octanol–water partition coefficient (Wildman–Crippen LogP) is 2.52. The zero-order valence-corrected chi connectivity index (χ0v) is 15.1. The molecular weight excluding hydrogens is 328 g/mol. The predicted molar refractivity (Wildman–Crippen MR) is 96.1 cm³/mol. The van der Waals surface area contributed by atoms with Crippen molar-refractivity contribution in [3.05, 3.63) is 41.5 Å². The number of carbonyl (C=O) groups is 3. The number of anilines is 1. The van der Waals surface area contributed by atoms with Gasteiger partial charge in [-0.3, -0.25) is 14.4 Å². The molecule has 2 saturated heterocycles. The van der Waals surface area contributed by atoms with E-state index in [2.05, 4.69) is 0 Å². The largest absolute Gasteiger partial charge is 0.335 e. The quantitative estimate of drug-likeness (QED) is 0.578. The second-order valence-electron chi connectivity index (χ2n) is 8.02. The van der Waals surface area contributed by atoms with Crippen LogP contribution in [-0.4, -0.2) is 35.2 Å². The summed E-state index contributed by atoms with van der Waals surface area (Å²) >= 11 is 0. The number of nitrogens with zero attached hydrogens (tertiary/aromatic N) is 2. The third-order valence-electron chi connectivity index (χ3n) is 7.13. The maximum absolute atomic E-state index is 13.5. The van der Waals surface area contributed by atoms with E-state index in [-0.39, 0.29) is 17.7 Å². The lowest BCUT2D eigenvalue weighted by Gasteiger charge is -2.60. The van der Waals surface area contributed by atoms with Crippen molar-refractivity contribution in [2.45, 2.75) is 38.1 Å². The van der Waals surface area contributed by atoms with Gasteiger partial charge in [-0.2, -0.15) is 0 Å². The van der Waals surface area contributed by atoms with E-state index in [4.69, 9.17) is 0 Å². The Kier molecular flexibility index (Phi) is 3.07. The molecule has 1 saturated carbocycles. The van der Waals surface area contributed by atoms with Crippen molar-refractivity contribution in [3.63, 3.8) is 0 Å². The van der Waals surface area contributed by atoms with Crippen molar-refractivity contribution < 1.29 is 14.4 Å². The first kappa shape index (κ1) is 15.8. The molecule has 1 aromatic carbocycles. The fourth-order valence-electron chi connectivity index (χ4n) is 6.09. The SMILES string of the molecule is CC1=C2CCCC[C@@]23[C@H]2C(=O)N(c4ccccc4)C(=O)[C@H]2[C@H]1C(=O)N3C. The Hall–Kier alpha value is -2.43. The summed E-state index contributed by atoms with van der Waals surface area (Å²) in [6, 6.07) is 9.11. The maximum Gasteiger partial charge on any atom is 0.240 e. The highest BCUT2D eigenvalue weighted by Crippen LogP contribution is 2.61. The van der Waals surface area contributed by atoms with Crippen molar-refractivity contribution in [2.24, 2.45) is 17.8 Å². The number of likely N-dealkylation sites (N-methyl/N-ethyl adjacent to an activating group) is 1. The molecule has 3 fully saturated rings. The molecule has 5 aliphatic rings. The van der Waals surface area contributed by atoms with Gasteiger partial charge in [-0.1, -0.05) is 30.2 Å². The second-order valence-corrected chi connectivity index (χ2v) is 8.02. The zero-order valence-electron chi connectivity index (χ0n) is 15.1. The second kappa shape index (κ2) is 5.06. The molecule has 2 aliphatic carbocycles. The van der Waals surface area contributed by atoms with Crippen molar-refractivity contribution in [1.29, 1.82) is 0 Å². The fraction of sp³-hybridized carbons (Fsp3) is 0.476. The van der Waals surface area contributed by atoms with Gasteiger partial charge in [-0.05, 0) is 43.9 Å². The number of amides is 3. The number of para-hydroxylation sites is 1. The number of benzene rings is 1. The summed E-state index contributed by atoms with van der Waals surface area (Å²) in [5, 5.41) is 0. The standard InChI is InChI=1S/C21H22N2O3/c1-12-14-10-6-7-11-21(14)17-16(15(12)18(24)22(21)2)19(25)23(20(17)26)13-8-4-3-5-9-13/h3-5,8-9,15-17H,6-7,10-11H2,1-2H3/t15-,16-,17+,21-/m0/s1. The van der Waals surface area contributed by atoms with Gasteiger partial charge in [-0.25, -0.2) is 4.90 Å². The molecule has 5 nitrogen and oxygen atoms in total. The molecule has 0 N–H and O–H groups in total. The van der Waals surface area contributed by atoms with E-state index >= 15 is 0 Å². The molecule has 0 aromatic heterocycles. The maximum atomic E-state index is 13.5. The molecular formula is C21H22N2O3. The van der Waals surface area contributed by atoms with Gasteiger partial charge in [0, 0.05) is 7.05 Å². The molecule has 0 radical (unpaired) electrons. The van der Waals surface area contributed by atoms with Gasteiger partial charge in [-0.15, -0.1) is 0 Å². The summed E-state index contributed by atoms with van der Waals surface area (Å²) in [6.07, 6.45) is 3.77. The summed E-state index contributed by atoms with van der Waals surface area (Å²) in [5.74, 6) is -1.81. The highest BCUT2D eigenvalue weighted by molar-refractivity contribution is 6.24. The van der Waals surface area contributed by atoms with Crippen LogP contribution in [0, 0.1) is 17.8 Å². The fourth-order valence-corrected chi connectivity index (χ4v) is 6.09. The molecule has 3 amide bonds. The average molecular weight is 350 g/mol. The van der Waals surface area contributed by atoms with Crippen LogP contribution in [0.2, 0.25) is 0 Å². The van der Waals surface area contributed by atoms with Gasteiger partial charge in [0.2, 0.25) is 17.7 Å². The molecule has 5 heteroatoms. The van der Waals surface area contributed by atoms with Crippen LogP contribution in [0.1, 0.15) is 32.6 Å². The molecule has 26 heavy (non-hydrogen) atoms. The van der Waals surface area contributed by atoms with E-state index in [1.54, 1.807) is 17.0 Å². The first-order valence-electron chi connectivity index (χ1n) is 9.41. The average Bonchev–Trinajstić information content (AvgIpc) is 2.92. The van der Waals surface area contributed by atoms with Gasteiger partial charge < -0.3 is 4.90 Å². The normalized spacial score (nSPS) is 35.9. The van der Waals surface area contributed by atoms with E-state index in [1.807, 2.05) is 32.2 Å². The summed E-state index contributed by atoms with van der Waals surface area (Å²) in [5.41, 5.74) is 2.30. The summed E-state index contributed by atoms with van der Waals surface area (Å²) in [4.78, 5) is 43.0. The number of imide groups is 1. The molecule has 134 valence electrons. The Labute approximate surface area is 152 Å². The highest BCUT2D eigenvalue weighted by atomic mass is 16.2. The Bertz CT molecular complexity index is 875. The lowest BCUT2D eigenvalue weighted by atomic mass is 9.53. The van der Waals surface area contributed by atoms with Crippen LogP contribution >= 0.6 is 0 Å². The molecule has 6 rings (SSSR count). The Morgan fingerprint density at radius 1 is 1.00 bits per heavy atom. The van der Waals surface area contributed by atoms with Crippen LogP contribution in [0.25, 0.3) is 0 Å². The van der Waals surface area contributed by atoms with Gasteiger partial charge in [0.15, 0.2) is 0 Å². The van der Waals surface area contributed by atoms with E-state index < -0.39 is 23.3 Å². The third-order valence-corrected chi connectivity index (χ3v) is 7.13. The Balaban J connectivity index is 1.72. The monoisotopic (exact) mass is 350 g/mol. The number of rotatable bonds is 1. The lowest BCUT2D eigenvalue weighted by molar-refractivity contribution is -0.160. The smallest absolute Gasteiger partial charge is 0.240 e. The van der Waals surface area contributed by atoms with Crippen molar-refractivity contribution in [3.8, 4) is 0 Å². The van der Waals surface area contributed by atoms with Gasteiger partial charge >= 0.3 is 0 Å². The van der Waals surface area contributed by atoms with E-state index in [0.717, 1.165) is 31.3 Å². The Morgan fingerprint density at radius 3 is 2.46 bits per heavy atom. The van der Waals surface area contributed by atoms with Crippen LogP contribution in [0.5, 0.6) is 0 Å². The van der Waals surface area contributed by atoms with Crippen LogP contribution in [-0.2, 0) is 14.4 Å². The summed E-state index contributed by atoms with van der Waals surface area (Å²) in [6.45, 7) is 2.00. The minimum absolute atomic E-state index is 0.00506. The highest BCUT2D eigenvalue weighted by Gasteiger charge is 2.71. The molecule has 3 aliphatic heterocycles. The van der Waals surface area contributed by atoms with Crippen LogP contribution in [0.15, 0.2) is 41.5 Å². The lowest BCUT2D eigenvalue weighted by Crippen LogP contribution is -2.70. The van der Waals surface area contributed by atoms with E-state index in [9.17, 15) is 14.4 Å². The summed E-state index contributed by atoms with van der Waals surface area (Å²) < 4.78 is 0. The van der Waals surface area contributed by atoms with Gasteiger partial charge in [0.05, 0.1) is 29.0 Å². The topological polar surface area (TPSA) is 57.7 Å². The number of fused-ring (bicyclic) bond motifs is 1. The van der Waals surface area contributed by atoms with Crippen LogP contribution < -0.4 is 4.90 Å². The molecule has 3 heterocycles. The molecule has 0 unspecified atom stereocenters. The Morgan fingerprint density at radius 2 is 1.73 bits per heavy atom. The summed E-state index contributed by atoms with van der Waals surface area (Å²) in [7, 11) is 1.83. The van der Waals surface area contributed by atoms with Crippen molar-refractivity contribution >= 4 is 23.4 Å². The molecule has 1 spiro atoms. The number of piperidine rings is 1. The van der Waals surface area contributed by atoms with Crippen LogP contribution in [0.3, 0.4) is 0 Å². The molecule has 4 atom stereocenters. The van der Waals surface area contributed by atoms with E-state index in [0.29, 0.717) is 5.69 Å². The minimum atomic E-state index is -0.602. The first-order valence-corrected chi connectivity index (χ1v) is 9.41. The molecule has 2 bridgehead atoms. The first-order chi connectivity index (χ1) is 12.5. The van der Waals surface area contributed by atoms with Gasteiger partial charge in [0.25, 0.3) is 0 Å². The zero-order chi connectivity index (χ0) is 18.2. The molecule has 1 aromatic rings. The minimum Gasteiger partial charge on any atom is -0.335 e. The number of carbonyl (C=O) groups excluding carboxylic acids is 3. The number of hydrogen-bond donors (Lipinski definition) is 0. The van der Waals surface area contributed by atoms with Crippen LogP contribution in [0.4, 0.5) is 5.69 Å². The van der Waals surface area contributed by atoms with Crippen molar-refractivity contribution in [1.82, 2.24) is 4.90 Å². The van der Waals surface area contributed by atoms with E-state index in [1.165, 1.54) is 10.5 Å².